The van der Waals surface area contributed by atoms with Crippen molar-refractivity contribution in [3.8, 4) is 0 Å². The summed E-state index contributed by atoms with van der Waals surface area (Å²) in [4.78, 5) is 0. The number of fused-ring (bicyclic) bond motifs is 1. The highest BCUT2D eigenvalue weighted by molar-refractivity contribution is 6.31. The number of rotatable bonds is 2. The molecule has 1 nitrogen and oxygen atoms in total. The van der Waals surface area contributed by atoms with E-state index >= 15 is 0 Å². The van der Waals surface area contributed by atoms with Crippen LogP contribution in [0.3, 0.4) is 0 Å². The molecule has 0 saturated heterocycles. The molecular formula is C15H10ClF2N. The van der Waals surface area contributed by atoms with Crippen LogP contribution in [0.2, 0.25) is 5.02 Å². The fraction of sp³-hybridized carbons (Fsp3) is 0.0667. The first-order valence-electron chi connectivity index (χ1n) is 5.82. The summed E-state index contributed by atoms with van der Waals surface area (Å²) in [5.74, 6) is -0.698. The highest BCUT2D eigenvalue weighted by Crippen LogP contribution is 2.23. The van der Waals surface area contributed by atoms with Crippen molar-refractivity contribution in [2.45, 2.75) is 6.54 Å². The first-order chi connectivity index (χ1) is 9.15. The molecular weight excluding hydrogens is 268 g/mol. The lowest BCUT2D eigenvalue weighted by Crippen LogP contribution is -1.99. The Morgan fingerprint density at radius 1 is 1.05 bits per heavy atom. The lowest BCUT2D eigenvalue weighted by atomic mass is 10.2. The molecule has 1 heterocycles. The van der Waals surface area contributed by atoms with Crippen LogP contribution in [0.1, 0.15) is 5.56 Å². The summed E-state index contributed by atoms with van der Waals surface area (Å²) in [6, 6.07) is 11.1. The van der Waals surface area contributed by atoms with Crippen molar-refractivity contribution in [1.82, 2.24) is 4.57 Å². The van der Waals surface area contributed by atoms with Crippen molar-refractivity contribution in [2.75, 3.05) is 0 Å². The Morgan fingerprint density at radius 3 is 2.74 bits per heavy atom. The molecule has 0 N–H and O–H groups in total. The molecule has 2 aromatic carbocycles. The number of halogens is 3. The zero-order chi connectivity index (χ0) is 13.4. The van der Waals surface area contributed by atoms with Gasteiger partial charge in [-0.1, -0.05) is 23.7 Å². The maximum Gasteiger partial charge on any atom is 0.142 e. The van der Waals surface area contributed by atoms with Crippen molar-refractivity contribution in [3.63, 3.8) is 0 Å². The third-order valence-electron chi connectivity index (χ3n) is 3.11. The normalized spacial score (nSPS) is 11.1. The lowest BCUT2D eigenvalue weighted by Gasteiger charge is -2.08. The number of aromatic nitrogens is 1. The summed E-state index contributed by atoms with van der Waals surface area (Å²) in [6.07, 6.45) is 1.84. The molecule has 19 heavy (non-hydrogen) atoms. The van der Waals surface area contributed by atoms with Gasteiger partial charge in [-0.15, -0.1) is 0 Å². The fourth-order valence-corrected chi connectivity index (χ4v) is 2.35. The van der Waals surface area contributed by atoms with Crippen LogP contribution in [-0.2, 0) is 6.54 Å². The predicted octanol–water partition coefficient (Wildman–Crippen LogP) is 4.62. The maximum atomic E-state index is 13.4. The van der Waals surface area contributed by atoms with Crippen molar-refractivity contribution in [2.24, 2.45) is 0 Å². The van der Waals surface area contributed by atoms with Crippen molar-refractivity contribution in [1.29, 1.82) is 0 Å². The van der Waals surface area contributed by atoms with E-state index in [2.05, 4.69) is 0 Å². The first kappa shape index (κ1) is 12.2. The van der Waals surface area contributed by atoms with E-state index in [9.17, 15) is 8.78 Å². The third-order valence-corrected chi connectivity index (χ3v) is 3.53. The monoisotopic (exact) mass is 277 g/mol. The second-order valence-electron chi connectivity index (χ2n) is 4.36. The Bertz CT molecular complexity index is 749. The molecule has 0 unspecified atom stereocenters. The van der Waals surface area contributed by atoms with E-state index in [0.717, 1.165) is 10.9 Å². The molecule has 0 aliphatic rings. The van der Waals surface area contributed by atoms with Gasteiger partial charge in [-0.3, -0.25) is 0 Å². The summed E-state index contributed by atoms with van der Waals surface area (Å²) in [7, 11) is 0. The van der Waals surface area contributed by atoms with E-state index in [1.165, 1.54) is 18.2 Å². The average Bonchev–Trinajstić information content (AvgIpc) is 2.77. The Labute approximate surface area is 114 Å². The molecule has 0 bridgehead atoms. The first-order valence-corrected chi connectivity index (χ1v) is 6.20. The molecule has 4 heteroatoms. The van der Waals surface area contributed by atoms with Gasteiger partial charge in [0.05, 0.1) is 5.02 Å². The molecule has 0 saturated carbocycles. The summed E-state index contributed by atoms with van der Waals surface area (Å²) in [5, 5.41) is 0.944. The smallest absolute Gasteiger partial charge is 0.142 e. The number of nitrogens with zero attached hydrogens (tertiary/aromatic N) is 1. The molecule has 96 valence electrons. The van der Waals surface area contributed by atoms with Crippen LogP contribution in [0.15, 0.2) is 48.7 Å². The van der Waals surface area contributed by atoms with Crippen LogP contribution in [0, 0.1) is 11.6 Å². The molecule has 0 aliphatic carbocycles. The molecule has 0 radical (unpaired) electrons. The molecule has 1 aromatic heterocycles. The van der Waals surface area contributed by atoms with Gasteiger partial charge >= 0.3 is 0 Å². The second kappa shape index (κ2) is 4.67. The summed E-state index contributed by atoms with van der Waals surface area (Å²) >= 11 is 5.94. The standard InChI is InChI=1S/C15H10ClF2N/c16-15-11(2-1-3-13(15)18)9-19-7-6-10-8-12(17)4-5-14(10)19/h1-8H,9H2. The minimum Gasteiger partial charge on any atom is -0.343 e. The summed E-state index contributed by atoms with van der Waals surface area (Å²) in [6.45, 7) is 0.450. The topological polar surface area (TPSA) is 4.93 Å². The zero-order valence-corrected chi connectivity index (χ0v) is 10.7. The molecule has 3 rings (SSSR count). The highest BCUT2D eigenvalue weighted by Gasteiger charge is 2.08. The second-order valence-corrected chi connectivity index (χ2v) is 4.74. The SMILES string of the molecule is Fc1ccc2c(ccn2Cc2cccc(F)c2Cl)c1. The summed E-state index contributed by atoms with van der Waals surface area (Å²) < 4.78 is 28.4. The van der Waals surface area contributed by atoms with Gasteiger partial charge in [-0.2, -0.15) is 0 Å². The van der Waals surface area contributed by atoms with Gasteiger partial charge in [-0.25, -0.2) is 8.78 Å². The van der Waals surface area contributed by atoms with E-state index in [1.54, 1.807) is 18.2 Å². The van der Waals surface area contributed by atoms with Gasteiger partial charge in [0.2, 0.25) is 0 Å². The van der Waals surface area contributed by atoms with Gasteiger partial charge < -0.3 is 4.57 Å². The maximum absolute atomic E-state index is 13.4. The Balaban J connectivity index is 2.04. The summed E-state index contributed by atoms with van der Waals surface area (Å²) in [5.41, 5.74) is 1.59. The number of benzene rings is 2. The quantitative estimate of drug-likeness (QED) is 0.644. The van der Waals surface area contributed by atoms with Crippen LogP contribution in [0.4, 0.5) is 8.78 Å². The van der Waals surface area contributed by atoms with Crippen molar-refractivity contribution in [3.05, 3.63) is 70.9 Å². The highest BCUT2D eigenvalue weighted by atomic mass is 35.5. The molecule has 3 aromatic rings. The van der Waals surface area contributed by atoms with E-state index in [1.807, 2.05) is 16.8 Å². The zero-order valence-electron chi connectivity index (χ0n) is 9.91. The van der Waals surface area contributed by atoms with Crippen molar-refractivity contribution < 1.29 is 8.78 Å². The molecule has 0 atom stereocenters. The van der Waals surface area contributed by atoms with Gasteiger partial charge in [-0.05, 0) is 35.9 Å². The van der Waals surface area contributed by atoms with E-state index in [-0.39, 0.29) is 10.8 Å². The molecule has 0 spiro atoms. The molecule has 0 aliphatic heterocycles. The van der Waals surface area contributed by atoms with Gasteiger partial charge in [0.1, 0.15) is 11.6 Å². The predicted molar refractivity (Wildman–Crippen MR) is 72.4 cm³/mol. The lowest BCUT2D eigenvalue weighted by molar-refractivity contribution is 0.624. The van der Waals surface area contributed by atoms with Gasteiger partial charge in [0, 0.05) is 23.6 Å². The third kappa shape index (κ3) is 2.22. The Morgan fingerprint density at radius 2 is 1.89 bits per heavy atom. The van der Waals surface area contributed by atoms with E-state index < -0.39 is 5.82 Å². The minimum absolute atomic E-state index is 0.131. The van der Waals surface area contributed by atoms with Crippen LogP contribution in [0.5, 0.6) is 0 Å². The van der Waals surface area contributed by atoms with E-state index in [4.69, 9.17) is 11.6 Å². The Hall–Kier alpha value is -1.87. The molecule has 0 amide bonds. The Kier molecular flexibility index (Phi) is 2.99. The fourth-order valence-electron chi connectivity index (χ4n) is 2.16. The van der Waals surface area contributed by atoms with Crippen LogP contribution in [-0.4, -0.2) is 4.57 Å². The van der Waals surface area contributed by atoms with Crippen LogP contribution < -0.4 is 0 Å². The average molecular weight is 278 g/mol. The number of hydrogen-bond donors (Lipinski definition) is 0. The van der Waals surface area contributed by atoms with Crippen molar-refractivity contribution >= 4 is 22.5 Å². The largest absolute Gasteiger partial charge is 0.343 e. The van der Waals surface area contributed by atoms with Crippen LogP contribution >= 0.6 is 11.6 Å². The molecule has 0 fully saturated rings. The van der Waals surface area contributed by atoms with E-state index in [0.29, 0.717) is 12.1 Å². The number of hydrogen-bond acceptors (Lipinski definition) is 0. The van der Waals surface area contributed by atoms with Crippen LogP contribution in [0.25, 0.3) is 10.9 Å². The van der Waals surface area contributed by atoms with Gasteiger partial charge in [0.25, 0.3) is 0 Å². The van der Waals surface area contributed by atoms with Gasteiger partial charge in [0.15, 0.2) is 0 Å². The minimum atomic E-state index is -0.429.